The summed E-state index contributed by atoms with van der Waals surface area (Å²) in [6.45, 7) is 3.88. The van der Waals surface area contributed by atoms with Gasteiger partial charge in [0.25, 0.3) is 0 Å². The van der Waals surface area contributed by atoms with Crippen LogP contribution in [0.2, 0.25) is 0 Å². The zero-order chi connectivity index (χ0) is 20.7. The van der Waals surface area contributed by atoms with Gasteiger partial charge in [0.05, 0.1) is 11.4 Å². The minimum Gasteiger partial charge on any atom is -0.355 e. The molecule has 1 heterocycles. The van der Waals surface area contributed by atoms with Crippen molar-refractivity contribution in [2.75, 3.05) is 45.6 Å². The molecule has 156 valence electrons. The van der Waals surface area contributed by atoms with E-state index in [1.807, 2.05) is 0 Å². The molecule has 1 aliphatic heterocycles. The summed E-state index contributed by atoms with van der Waals surface area (Å²) in [5.74, 6) is 0.0681. The van der Waals surface area contributed by atoms with Crippen LogP contribution in [0.1, 0.15) is 26.2 Å². The second-order valence-electron chi connectivity index (χ2n) is 7.35. The minimum atomic E-state index is -3.78. The summed E-state index contributed by atoms with van der Waals surface area (Å²) < 4.78 is 26.2. The van der Waals surface area contributed by atoms with E-state index in [1.165, 1.54) is 38.2 Å². The van der Waals surface area contributed by atoms with E-state index in [1.54, 1.807) is 0 Å². The molecule has 0 atom stereocenters. The summed E-state index contributed by atoms with van der Waals surface area (Å²) in [5, 5.41) is 5.40. The van der Waals surface area contributed by atoms with Gasteiger partial charge in [0.15, 0.2) is 0 Å². The van der Waals surface area contributed by atoms with E-state index >= 15 is 0 Å². The maximum Gasteiger partial charge on any atom is 0.243 e. The van der Waals surface area contributed by atoms with Gasteiger partial charge >= 0.3 is 0 Å². The zero-order valence-electron chi connectivity index (χ0n) is 16.8. The number of likely N-dealkylation sites (N-methyl/N-ethyl adjacent to an activating group) is 1. The normalized spacial score (nSPS) is 16.1. The fourth-order valence-corrected chi connectivity index (χ4v) is 4.33. The number of sulfonamides is 1. The Hall–Kier alpha value is -1.97. The maximum absolute atomic E-state index is 12.6. The molecule has 2 amide bonds. The monoisotopic (exact) mass is 410 g/mol. The van der Waals surface area contributed by atoms with Crippen LogP contribution in [0.5, 0.6) is 0 Å². The average molecular weight is 411 g/mol. The minimum absolute atomic E-state index is 0.0724. The van der Waals surface area contributed by atoms with Gasteiger partial charge < -0.3 is 15.5 Å². The Bertz CT molecular complexity index is 772. The van der Waals surface area contributed by atoms with Crippen molar-refractivity contribution in [3.8, 4) is 0 Å². The Labute approximate surface area is 167 Å². The van der Waals surface area contributed by atoms with Gasteiger partial charge in [-0.15, -0.1) is 0 Å². The van der Waals surface area contributed by atoms with E-state index in [0.29, 0.717) is 18.2 Å². The summed E-state index contributed by atoms with van der Waals surface area (Å²) >= 11 is 0. The van der Waals surface area contributed by atoms with Crippen molar-refractivity contribution in [1.29, 1.82) is 0 Å². The van der Waals surface area contributed by atoms with Crippen LogP contribution in [0.15, 0.2) is 29.2 Å². The summed E-state index contributed by atoms with van der Waals surface area (Å²) in [5.41, 5.74) is 0.515. The summed E-state index contributed by atoms with van der Waals surface area (Å²) in [6.07, 6.45) is 3.19. The number of nitrogens with zero attached hydrogens (tertiary/aromatic N) is 2. The molecular formula is C19H30N4O4S. The smallest absolute Gasteiger partial charge is 0.243 e. The summed E-state index contributed by atoms with van der Waals surface area (Å²) in [4.78, 5) is 25.5. The van der Waals surface area contributed by atoms with E-state index in [-0.39, 0.29) is 23.3 Å². The molecule has 0 radical (unpaired) electrons. The van der Waals surface area contributed by atoms with Gasteiger partial charge in [-0.3, -0.25) is 9.59 Å². The molecule has 1 fully saturated rings. The summed E-state index contributed by atoms with van der Waals surface area (Å²) in [6, 6.07) is 5.86. The molecular weight excluding hydrogens is 380 g/mol. The number of amides is 2. The third-order valence-corrected chi connectivity index (χ3v) is 6.78. The standard InChI is InChI=1S/C19H30N4O4S/c1-15(24)21-17-4-6-18(7-5-17)28(26,27)23(3)14-19(25)20-11-8-16-9-12-22(2)13-10-16/h4-7,16H,8-14H2,1-3H3,(H,20,25)(H,21,24). The predicted octanol–water partition coefficient (Wildman–Crippen LogP) is 1.11. The highest BCUT2D eigenvalue weighted by molar-refractivity contribution is 7.89. The Balaban J connectivity index is 1.82. The fraction of sp³-hybridized carbons (Fsp3) is 0.579. The van der Waals surface area contributed by atoms with Gasteiger partial charge in [-0.05, 0) is 69.6 Å². The number of anilines is 1. The highest BCUT2D eigenvalue weighted by Gasteiger charge is 2.23. The summed E-state index contributed by atoms with van der Waals surface area (Å²) in [7, 11) is -0.281. The first-order chi connectivity index (χ1) is 13.2. The first kappa shape index (κ1) is 22.3. The van der Waals surface area contributed by atoms with Crippen LogP contribution >= 0.6 is 0 Å². The van der Waals surface area contributed by atoms with Gasteiger partial charge in [0.1, 0.15) is 0 Å². The molecule has 1 aromatic rings. The molecule has 28 heavy (non-hydrogen) atoms. The van der Waals surface area contributed by atoms with Crippen LogP contribution < -0.4 is 10.6 Å². The highest BCUT2D eigenvalue weighted by atomic mass is 32.2. The quantitative estimate of drug-likeness (QED) is 0.669. The van der Waals surface area contributed by atoms with Crippen LogP contribution in [0.3, 0.4) is 0 Å². The number of hydrogen-bond donors (Lipinski definition) is 2. The molecule has 9 heteroatoms. The predicted molar refractivity (Wildman–Crippen MR) is 108 cm³/mol. The number of hydrogen-bond acceptors (Lipinski definition) is 5. The van der Waals surface area contributed by atoms with Crippen LogP contribution in [-0.2, 0) is 19.6 Å². The van der Waals surface area contributed by atoms with Gasteiger partial charge in [-0.2, -0.15) is 4.31 Å². The first-order valence-electron chi connectivity index (χ1n) is 9.47. The lowest BCUT2D eigenvalue weighted by atomic mass is 9.94. The lowest BCUT2D eigenvalue weighted by molar-refractivity contribution is -0.121. The number of carbonyl (C=O) groups excluding carboxylic acids is 2. The molecule has 0 spiro atoms. The molecule has 8 nitrogen and oxygen atoms in total. The molecule has 0 aliphatic carbocycles. The third kappa shape index (κ3) is 6.57. The number of carbonyl (C=O) groups is 2. The fourth-order valence-electron chi connectivity index (χ4n) is 3.20. The highest BCUT2D eigenvalue weighted by Crippen LogP contribution is 2.19. The molecule has 2 N–H and O–H groups in total. The Morgan fingerprint density at radius 2 is 1.79 bits per heavy atom. The van der Waals surface area contributed by atoms with E-state index in [4.69, 9.17) is 0 Å². The van der Waals surface area contributed by atoms with Crippen molar-refractivity contribution in [3.05, 3.63) is 24.3 Å². The van der Waals surface area contributed by atoms with Crippen LogP contribution in [0.25, 0.3) is 0 Å². The molecule has 0 saturated carbocycles. The average Bonchev–Trinajstić information content (AvgIpc) is 2.63. The van der Waals surface area contributed by atoms with E-state index in [9.17, 15) is 18.0 Å². The molecule has 0 bridgehead atoms. The Kier molecular flexibility index (Phi) is 7.97. The largest absolute Gasteiger partial charge is 0.355 e. The number of rotatable bonds is 8. The van der Waals surface area contributed by atoms with Crippen LogP contribution in [0.4, 0.5) is 5.69 Å². The SMILES string of the molecule is CC(=O)Nc1ccc(S(=O)(=O)N(C)CC(=O)NCCC2CCN(C)CC2)cc1. The molecule has 1 aliphatic rings. The molecule has 0 unspecified atom stereocenters. The molecule has 2 rings (SSSR count). The van der Waals surface area contributed by atoms with Gasteiger partial charge in [-0.25, -0.2) is 8.42 Å². The van der Waals surface area contributed by atoms with E-state index in [0.717, 1.165) is 36.7 Å². The lowest BCUT2D eigenvalue weighted by Crippen LogP contribution is -2.39. The second kappa shape index (κ2) is 9.99. The van der Waals surface area contributed by atoms with E-state index < -0.39 is 10.0 Å². The van der Waals surface area contributed by atoms with Crippen molar-refractivity contribution in [2.24, 2.45) is 5.92 Å². The Morgan fingerprint density at radius 1 is 1.18 bits per heavy atom. The number of piperidine rings is 1. The van der Waals surface area contributed by atoms with Gasteiger partial charge in [0, 0.05) is 26.2 Å². The van der Waals surface area contributed by atoms with Crippen molar-refractivity contribution >= 4 is 27.5 Å². The number of benzene rings is 1. The molecule has 0 aromatic heterocycles. The van der Waals surface area contributed by atoms with E-state index in [2.05, 4.69) is 22.6 Å². The zero-order valence-corrected chi connectivity index (χ0v) is 17.6. The van der Waals surface area contributed by atoms with Gasteiger partial charge in [0.2, 0.25) is 21.8 Å². The topological polar surface area (TPSA) is 98.8 Å². The van der Waals surface area contributed by atoms with Crippen LogP contribution in [-0.4, -0.2) is 69.7 Å². The number of nitrogens with one attached hydrogen (secondary N) is 2. The van der Waals surface area contributed by atoms with Crippen molar-refractivity contribution in [3.63, 3.8) is 0 Å². The van der Waals surface area contributed by atoms with Crippen molar-refractivity contribution in [2.45, 2.75) is 31.1 Å². The maximum atomic E-state index is 12.6. The third-order valence-electron chi connectivity index (χ3n) is 4.96. The van der Waals surface area contributed by atoms with Crippen molar-refractivity contribution < 1.29 is 18.0 Å². The number of likely N-dealkylation sites (tertiary alicyclic amines) is 1. The first-order valence-corrected chi connectivity index (χ1v) is 10.9. The van der Waals surface area contributed by atoms with Gasteiger partial charge in [-0.1, -0.05) is 0 Å². The Morgan fingerprint density at radius 3 is 2.36 bits per heavy atom. The molecule has 1 aromatic carbocycles. The lowest BCUT2D eigenvalue weighted by Gasteiger charge is -2.28. The molecule has 1 saturated heterocycles. The second-order valence-corrected chi connectivity index (χ2v) is 9.40. The van der Waals surface area contributed by atoms with Crippen molar-refractivity contribution in [1.82, 2.24) is 14.5 Å². The van der Waals surface area contributed by atoms with Crippen LogP contribution in [0, 0.1) is 5.92 Å².